The molecule has 1 fully saturated rings. The highest BCUT2D eigenvalue weighted by molar-refractivity contribution is 6.03. The topological polar surface area (TPSA) is 75.4 Å². The van der Waals surface area contributed by atoms with E-state index >= 15 is 0 Å². The maximum atomic E-state index is 12.9. The summed E-state index contributed by atoms with van der Waals surface area (Å²) in [7, 11) is 0. The van der Waals surface area contributed by atoms with Gasteiger partial charge in [0.25, 0.3) is 0 Å². The molecule has 5 nitrogen and oxygen atoms in total. The van der Waals surface area contributed by atoms with Crippen molar-refractivity contribution in [2.45, 2.75) is 38.0 Å². The van der Waals surface area contributed by atoms with Crippen LogP contribution in [0.15, 0.2) is 0 Å². The molecule has 104 valence electrons. The third-order valence-electron chi connectivity index (χ3n) is 3.03. The summed E-state index contributed by atoms with van der Waals surface area (Å²) in [6.45, 7) is 2.06. The molecule has 1 aliphatic rings. The number of carbonyl (C=O) groups excluding carboxylic acids is 2. The van der Waals surface area contributed by atoms with E-state index in [-0.39, 0.29) is 13.0 Å². The molecule has 0 radical (unpaired) electrons. The van der Waals surface area contributed by atoms with Crippen LogP contribution in [0.2, 0.25) is 0 Å². The Morgan fingerprint density at radius 3 is 2.44 bits per heavy atom. The number of hydrogen-bond donors (Lipinski definition) is 2. The number of rotatable bonds is 3. The van der Waals surface area contributed by atoms with Crippen LogP contribution in [-0.2, 0) is 9.59 Å². The zero-order valence-electron chi connectivity index (χ0n) is 10.2. The van der Waals surface area contributed by atoms with Gasteiger partial charge in [0.2, 0.25) is 11.8 Å². The zero-order chi connectivity index (χ0) is 14.1. The molecule has 0 aliphatic carbocycles. The molecule has 18 heavy (non-hydrogen) atoms. The molecule has 1 rings (SSSR count). The van der Waals surface area contributed by atoms with E-state index < -0.39 is 36.1 Å². The lowest BCUT2D eigenvalue weighted by atomic mass is 9.94. The average Bonchev–Trinajstić information content (AvgIpc) is 2.19. The van der Waals surface area contributed by atoms with Gasteiger partial charge in [-0.2, -0.15) is 13.2 Å². The molecular weight excluding hydrogens is 251 g/mol. The first-order chi connectivity index (χ1) is 8.10. The summed E-state index contributed by atoms with van der Waals surface area (Å²) in [6, 6.07) is -1.90. The molecule has 0 aromatic heterocycles. The summed E-state index contributed by atoms with van der Waals surface area (Å²) >= 11 is 0. The molecule has 0 saturated carbocycles. The summed E-state index contributed by atoms with van der Waals surface area (Å²) in [6.07, 6.45) is -4.89. The lowest BCUT2D eigenvalue weighted by Crippen LogP contribution is -2.68. The standard InChI is InChI=1S/C10H16F3N3O2/c1-9(2)8(18)15-7(17)5-16(9)6(3-4-14)10(11,12)13/h6H,3-5,14H2,1-2H3,(H,15,17,18). The number of nitrogens with zero attached hydrogens (tertiary/aromatic N) is 1. The van der Waals surface area contributed by atoms with Crippen molar-refractivity contribution < 1.29 is 22.8 Å². The molecule has 1 unspecified atom stereocenters. The Bertz CT molecular complexity index is 355. The Kier molecular flexibility index (Phi) is 4.02. The molecule has 1 heterocycles. The fraction of sp³-hybridized carbons (Fsp3) is 0.800. The largest absolute Gasteiger partial charge is 0.404 e. The monoisotopic (exact) mass is 267 g/mol. The second-order valence-corrected chi connectivity index (χ2v) is 4.70. The van der Waals surface area contributed by atoms with Crippen molar-refractivity contribution in [3.63, 3.8) is 0 Å². The predicted molar refractivity (Wildman–Crippen MR) is 57.4 cm³/mol. The van der Waals surface area contributed by atoms with Crippen molar-refractivity contribution >= 4 is 11.8 Å². The van der Waals surface area contributed by atoms with Gasteiger partial charge in [-0.25, -0.2) is 0 Å². The fourth-order valence-electron chi connectivity index (χ4n) is 1.96. The second kappa shape index (κ2) is 4.85. The first-order valence-electron chi connectivity index (χ1n) is 5.48. The first kappa shape index (κ1) is 14.9. The van der Waals surface area contributed by atoms with Gasteiger partial charge in [0.1, 0.15) is 6.04 Å². The van der Waals surface area contributed by atoms with E-state index in [0.717, 1.165) is 4.90 Å². The maximum absolute atomic E-state index is 12.9. The smallest absolute Gasteiger partial charge is 0.330 e. The minimum atomic E-state index is -4.53. The Morgan fingerprint density at radius 1 is 1.44 bits per heavy atom. The number of nitrogens with one attached hydrogen (secondary N) is 1. The highest BCUT2D eigenvalue weighted by atomic mass is 19.4. The van der Waals surface area contributed by atoms with Crippen LogP contribution in [0.1, 0.15) is 20.3 Å². The molecule has 0 aromatic rings. The van der Waals surface area contributed by atoms with Crippen molar-refractivity contribution in [2.24, 2.45) is 5.73 Å². The SMILES string of the molecule is CC1(C)C(=O)NC(=O)CN1C(CCN)C(F)(F)F. The van der Waals surface area contributed by atoms with Gasteiger partial charge < -0.3 is 5.73 Å². The number of alkyl halides is 3. The van der Waals surface area contributed by atoms with Crippen LogP contribution >= 0.6 is 0 Å². The maximum Gasteiger partial charge on any atom is 0.404 e. The van der Waals surface area contributed by atoms with E-state index in [1.807, 2.05) is 5.32 Å². The van der Waals surface area contributed by atoms with Crippen molar-refractivity contribution in [1.82, 2.24) is 10.2 Å². The van der Waals surface area contributed by atoms with Gasteiger partial charge in [0.05, 0.1) is 12.1 Å². The number of hydrogen-bond acceptors (Lipinski definition) is 4. The van der Waals surface area contributed by atoms with Crippen molar-refractivity contribution in [3.8, 4) is 0 Å². The number of nitrogens with two attached hydrogens (primary N) is 1. The first-order valence-corrected chi connectivity index (χ1v) is 5.48. The van der Waals surface area contributed by atoms with Crippen LogP contribution in [0.4, 0.5) is 13.2 Å². The van der Waals surface area contributed by atoms with E-state index in [1.165, 1.54) is 13.8 Å². The van der Waals surface area contributed by atoms with Gasteiger partial charge in [-0.3, -0.25) is 19.8 Å². The van der Waals surface area contributed by atoms with Gasteiger partial charge >= 0.3 is 6.18 Å². The lowest BCUT2D eigenvalue weighted by molar-refractivity contribution is -0.202. The third-order valence-corrected chi connectivity index (χ3v) is 3.03. The molecule has 1 atom stereocenters. The van der Waals surface area contributed by atoms with Gasteiger partial charge in [-0.15, -0.1) is 0 Å². The molecule has 0 spiro atoms. The van der Waals surface area contributed by atoms with Crippen LogP contribution in [0.3, 0.4) is 0 Å². The summed E-state index contributed by atoms with van der Waals surface area (Å²) in [4.78, 5) is 23.7. The lowest BCUT2D eigenvalue weighted by Gasteiger charge is -2.45. The van der Waals surface area contributed by atoms with Crippen molar-refractivity contribution in [2.75, 3.05) is 13.1 Å². The number of piperazine rings is 1. The number of carbonyl (C=O) groups is 2. The Hall–Kier alpha value is -1.15. The van der Waals surface area contributed by atoms with E-state index in [4.69, 9.17) is 5.73 Å². The van der Waals surface area contributed by atoms with E-state index in [1.54, 1.807) is 0 Å². The highest BCUT2D eigenvalue weighted by Gasteiger charge is 2.52. The van der Waals surface area contributed by atoms with Gasteiger partial charge in [-0.1, -0.05) is 0 Å². The average molecular weight is 267 g/mol. The van der Waals surface area contributed by atoms with Gasteiger partial charge in [-0.05, 0) is 26.8 Å². The van der Waals surface area contributed by atoms with Crippen LogP contribution in [-0.4, -0.2) is 47.6 Å². The Morgan fingerprint density at radius 2 is 2.00 bits per heavy atom. The minimum Gasteiger partial charge on any atom is -0.330 e. The summed E-state index contributed by atoms with van der Waals surface area (Å²) in [5.41, 5.74) is 3.78. The van der Waals surface area contributed by atoms with Crippen molar-refractivity contribution in [1.29, 1.82) is 0 Å². The third kappa shape index (κ3) is 2.81. The second-order valence-electron chi connectivity index (χ2n) is 4.70. The van der Waals surface area contributed by atoms with Crippen LogP contribution in [0.5, 0.6) is 0 Å². The molecule has 1 aliphatic heterocycles. The fourth-order valence-corrected chi connectivity index (χ4v) is 1.96. The van der Waals surface area contributed by atoms with Crippen molar-refractivity contribution in [3.05, 3.63) is 0 Å². The summed E-state index contributed by atoms with van der Waals surface area (Å²) < 4.78 is 38.8. The van der Waals surface area contributed by atoms with Crippen LogP contribution < -0.4 is 11.1 Å². The molecule has 0 bridgehead atoms. The van der Waals surface area contributed by atoms with Crippen LogP contribution in [0.25, 0.3) is 0 Å². The number of imide groups is 1. The van der Waals surface area contributed by atoms with E-state index in [9.17, 15) is 22.8 Å². The summed E-state index contributed by atoms with van der Waals surface area (Å²) in [5, 5.41) is 2.03. The Balaban J connectivity index is 3.08. The molecule has 3 N–H and O–H groups in total. The zero-order valence-corrected chi connectivity index (χ0v) is 10.2. The van der Waals surface area contributed by atoms with Crippen LogP contribution in [0, 0.1) is 0 Å². The Labute approximate surface area is 102 Å². The minimum absolute atomic E-state index is 0.174. The molecule has 2 amide bonds. The van der Waals surface area contributed by atoms with E-state index in [0.29, 0.717) is 0 Å². The molecular formula is C10H16F3N3O2. The quantitative estimate of drug-likeness (QED) is 0.706. The normalized spacial score (nSPS) is 22.8. The van der Waals surface area contributed by atoms with Gasteiger partial charge in [0, 0.05) is 0 Å². The van der Waals surface area contributed by atoms with Gasteiger partial charge in [0.15, 0.2) is 0 Å². The van der Waals surface area contributed by atoms with E-state index in [2.05, 4.69) is 0 Å². The summed E-state index contributed by atoms with van der Waals surface area (Å²) in [5.74, 6) is -1.46. The molecule has 0 aromatic carbocycles. The molecule has 8 heteroatoms. The highest BCUT2D eigenvalue weighted by Crippen LogP contribution is 2.32. The molecule has 1 saturated heterocycles. The predicted octanol–water partition coefficient (Wildman–Crippen LogP) is 0.00310. The number of halogens is 3. The number of amides is 2.